The van der Waals surface area contributed by atoms with Gasteiger partial charge in [-0.2, -0.15) is 0 Å². The lowest BCUT2D eigenvalue weighted by Gasteiger charge is -2.37. The number of amides is 2. The van der Waals surface area contributed by atoms with Crippen molar-refractivity contribution in [1.82, 2.24) is 9.47 Å². The van der Waals surface area contributed by atoms with Crippen molar-refractivity contribution in [3.05, 3.63) is 59.8 Å². The van der Waals surface area contributed by atoms with Crippen molar-refractivity contribution in [3.8, 4) is 5.75 Å². The van der Waals surface area contributed by atoms with E-state index in [0.29, 0.717) is 18.7 Å². The third-order valence-corrected chi connectivity index (χ3v) is 5.53. The zero-order valence-electron chi connectivity index (χ0n) is 16.2. The van der Waals surface area contributed by atoms with Crippen molar-refractivity contribution < 1.29 is 14.3 Å². The summed E-state index contributed by atoms with van der Waals surface area (Å²) in [5.41, 5.74) is 3.58. The largest absolute Gasteiger partial charge is 0.497 e. The number of carbonyl (C=O) groups excluding carboxylic acids is 2. The zero-order chi connectivity index (χ0) is 19.8. The fraction of sp³-hybridized carbons (Fsp3) is 0.273. The average Bonchev–Trinajstić information content (AvgIpc) is 2.96. The number of nitrogens with one attached hydrogen (secondary N) is 1. The number of methoxy groups -OCH3 is 1. The monoisotopic (exact) mass is 377 g/mol. The van der Waals surface area contributed by atoms with Crippen LogP contribution in [0.5, 0.6) is 5.75 Å². The summed E-state index contributed by atoms with van der Waals surface area (Å²) in [5.74, 6) is 0.511. The van der Waals surface area contributed by atoms with Crippen LogP contribution < -0.4 is 10.1 Å². The number of likely N-dealkylation sites (tertiary alicyclic amines) is 1. The molecule has 2 amide bonds. The molecule has 1 fully saturated rings. The van der Waals surface area contributed by atoms with Gasteiger partial charge in [-0.15, -0.1) is 0 Å². The number of aromatic nitrogens is 1. The summed E-state index contributed by atoms with van der Waals surface area (Å²) in [6.07, 6.45) is 0.482. The number of aryl methyl sites for hydroxylation is 1. The van der Waals surface area contributed by atoms with Gasteiger partial charge in [-0.3, -0.25) is 9.59 Å². The van der Waals surface area contributed by atoms with Crippen molar-refractivity contribution in [1.29, 1.82) is 0 Å². The highest BCUT2D eigenvalue weighted by Crippen LogP contribution is 2.36. The highest BCUT2D eigenvalue weighted by atomic mass is 16.5. The van der Waals surface area contributed by atoms with E-state index in [-0.39, 0.29) is 11.8 Å². The predicted octanol–water partition coefficient (Wildman–Crippen LogP) is 3.41. The second-order valence-corrected chi connectivity index (χ2v) is 7.03. The van der Waals surface area contributed by atoms with Crippen LogP contribution >= 0.6 is 0 Å². The minimum absolute atomic E-state index is 0.00205. The summed E-state index contributed by atoms with van der Waals surface area (Å²) in [5, 5.41) is 3.96. The van der Waals surface area contributed by atoms with Gasteiger partial charge in [0.05, 0.1) is 7.11 Å². The van der Waals surface area contributed by atoms with E-state index in [1.54, 1.807) is 36.3 Å². The summed E-state index contributed by atoms with van der Waals surface area (Å²) in [6.45, 7) is 2.58. The van der Waals surface area contributed by atoms with E-state index < -0.39 is 6.04 Å². The molecule has 28 heavy (non-hydrogen) atoms. The van der Waals surface area contributed by atoms with Crippen LogP contribution in [0.3, 0.4) is 0 Å². The fourth-order valence-corrected chi connectivity index (χ4v) is 3.81. The molecule has 2 aromatic carbocycles. The molecule has 1 atom stereocenters. The summed E-state index contributed by atoms with van der Waals surface area (Å²) in [4.78, 5) is 27.2. The van der Waals surface area contributed by atoms with E-state index in [1.165, 1.54) is 0 Å². The highest BCUT2D eigenvalue weighted by molar-refractivity contribution is 6.02. The Kier molecular flexibility index (Phi) is 4.55. The van der Waals surface area contributed by atoms with Gasteiger partial charge in [0.15, 0.2) is 0 Å². The molecule has 0 saturated carbocycles. The first-order valence-corrected chi connectivity index (χ1v) is 9.29. The van der Waals surface area contributed by atoms with Gasteiger partial charge in [0.1, 0.15) is 11.8 Å². The molecule has 0 radical (unpaired) electrons. The highest BCUT2D eigenvalue weighted by Gasteiger charge is 2.39. The van der Waals surface area contributed by atoms with Gasteiger partial charge in [0.2, 0.25) is 5.91 Å². The van der Waals surface area contributed by atoms with Crippen LogP contribution in [0.2, 0.25) is 0 Å². The molecular formula is C22H23N3O3. The minimum atomic E-state index is -0.658. The molecule has 4 rings (SSSR count). The van der Waals surface area contributed by atoms with Crippen LogP contribution in [0.1, 0.15) is 23.7 Å². The Bertz CT molecular complexity index is 1050. The van der Waals surface area contributed by atoms with Crippen molar-refractivity contribution in [3.63, 3.8) is 0 Å². The number of para-hydroxylation sites is 1. The van der Waals surface area contributed by atoms with E-state index in [0.717, 1.165) is 27.9 Å². The lowest BCUT2D eigenvalue weighted by molar-refractivity contribution is -0.147. The molecule has 1 aromatic heterocycles. The number of fused-ring (bicyclic) bond motifs is 1. The predicted molar refractivity (Wildman–Crippen MR) is 108 cm³/mol. The Morgan fingerprint density at radius 1 is 1.14 bits per heavy atom. The quantitative estimate of drug-likeness (QED) is 0.693. The Morgan fingerprint density at radius 3 is 2.46 bits per heavy atom. The third-order valence-electron chi connectivity index (χ3n) is 5.53. The molecule has 0 spiro atoms. The first kappa shape index (κ1) is 18.1. The number of hydrogen-bond acceptors (Lipinski definition) is 3. The number of rotatable bonds is 5. The van der Waals surface area contributed by atoms with Gasteiger partial charge < -0.3 is 19.5 Å². The Morgan fingerprint density at radius 2 is 1.86 bits per heavy atom. The molecule has 0 aliphatic carbocycles. The van der Waals surface area contributed by atoms with Gasteiger partial charge >= 0.3 is 0 Å². The SMILES string of the molecule is COc1ccc(NC(=O)C(c2c(C)n(C)c3ccccc23)N2CCC2=O)cc1. The lowest BCUT2D eigenvalue weighted by atomic mass is 9.97. The number of benzene rings is 2. The van der Waals surface area contributed by atoms with Crippen LogP contribution in [0.15, 0.2) is 48.5 Å². The first-order chi connectivity index (χ1) is 13.5. The normalized spacial score (nSPS) is 14.7. The number of anilines is 1. The molecule has 1 aliphatic rings. The molecule has 1 N–H and O–H groups in total. The number of β-lactam (4-membered cyclic amide) rings is 1. The van der Waals surface area contributed by atoms with Crippen molar-refractivity contribution in [2.45, 2.75) is 19.4 Å². The summed E-state index contributed by atoms with van der Waals surface area (Å²) < 4.78 is 7.24. The fourth-order valence-electron chi connectivity index (χ4n) is 3.81. The molecule has 144 valence electrons. The van der Waals surface area contributed by atoms with Gasteiger partial charge in [-0.25, -0.2) is 0 Å². The maximum atomic E-state index is 13.3. The number of carbonyl (C=O) groups is 2. The Labute approximate surface area is 163 Å². The van der Waals surface area contributed by atoms with E-state index in [9.17, 15) is 9.59 Å². The van der Waals surface area contributed by atoms with Crippen LogP contribution in [0.25, 0.3) is 10.9 Å². The standard InChI is InChI=1S/C22H23N3O3/c1-14-20(17-6-4-5-7-18(17)24(14)2)21(25-13-12-19(25)26)22(27)23-15-8-10-16(28-3)11-9-15/h4-11,21H,12-13H2,1-3H3,(H,23,27). The summed E-state index contributed by atoms with van der Waals surface area (Å²) >= 11 is 0. The molecule has 1 saturated heterocycles. The van der Waals surface area contributed by atoms with Crippen LogP contribution in [0.4, 0.5) is 5.69 Å². The zero-order valence-corrected chi connectivity index (χ0v) is 16.2. The van der Waals surface area contributed by atoms with E-state index in [1.807, 2.05) is 38.2 Å². The van der Waals surface area contributed by atoms with E-state index in [2.05, 4.69) is 9.88 Å². The van der Waals surface area contributed by atoms with E-state index >= 15 is 0 Å². The molecule has 1 unspecified atom stereocenters. The second-order valence-electron chi connectivity index (χ2n) is 7.03. The third kappa shape index (κ3) is 2.91. The van der Waals surface area contributed by atoms with Crippen LogP contribution in [0, 0.1) is 6.92 Å². The number of hydrogen-bond donors (Lipinski definition) is 1. The molecule has 1 aliphatic heterocycles. The molecular weight excluding hydrogens is 354 g/mol. The molecule has 6 heteroatoms. The number of ether oxygens (including phenoxy) is 1. The molecule has 3 aromatic rings. The van der Waals surface area contributed by atoms with E-state index in [4.69, 9.17) is 4.74 Å². The van der Waals surface area contributed by atoms with Gasteiger partial charge in [-0.05, 0) is 37.3 Å². The van der Waals surface area contributed by atoms with Gasteiger partial charge in [0.25, 0.3) is 5.91 Å². The summed E-state index contributed by atoms with van der Waals surface area (Å²) in [6, 6.07) is 14.5. The Hall–Kier alpha value is -3.28. The lowest BCUT2D eigenvalue weighted by Crippen LogP contribution is -2.49. The maximum Gasteiger partial charge on any atom is 0.251 e. The van der Waals surface area contributed by atoms with Crippen LogP contribution in [-0.4, -0.2) is 34.9 Å². The molecule has 2 heterocycles. The molecule has 6 nitrogen and oxygen atoms in total. The average molecular weight is 377 g/mol. The van der Waals surface area contributed by atoms with Crippen molar-refractivity contribution in [2.75, 3.05) is 19.0 Å². The molecule has 0 bridgehead atoms. The minimum Gasteiger partial charge on any atom is -0.497 e. The van der Waals surface area contributed by atoms with Crippen molar-refractivity contribution in [2.24, 2.45) is 7.05 Å². The topological polar surface area (TPSA) is 63.6 Å². The first-order valence-electron chi connectivity index (χ1n) is 9.29. The smallest absolute Gasteiger partial charge is 0.251 e. The summed E-state index contributed by atoms with van der Waals surface area (Å²) in [7, 11) is 3.58. The Balaban J connectivity index is 1.75. The number of nitrogens with zero attached hydrogens (tertiary/aromatic N) is 2. The van der Waals surface area contributed by atoms with Crippen molar-refractivity contribution >= 4 is 28.4 Å². The second kappa shape index (κ2) is 7.03. The van der Waals surface area contributed by atoms with Gasteiger partial charge in [0, 0.05) is 47.9 Å². The van der Waals surface area contributed by atoms with Gasteiger partial charge in [-0.1, -0.05) is 18.2 Å². The maximum absolute atomic E-state index is 13.3. The van der Waals surface area contributed by atoms with Crippen LogP contribution in [-0.2, 0) is 16.6 Å².